The van der Waals surface area contributed by atoms with Crippen molar-refractivity contribution in [3.8, 4) is 0 Å². The van der Waals surface area contributed by atoms with Gasteiger partial charge in [0.15, 0.2) is 0 Å². The van der Waals surface area contributed by atoms with E-state index in [1.54, 1.807) is 0 Å². The van der Waals surface area contributed by atoms with E-state index in [4.69, 9.17) is 5.73 Å². The molecular weight excluding hydrogens is 190 g/mol. The minimum absolute atomic E-state index is 0.213. The van der Waals surface area contributed by atoms with Crippen LogP contribution in [0, 0.1) is 0 Å². The predicted octanol–water partition coefficient (Wildman–Crippen LogP) is -1.92. The molecule has 0 radical (unpaired) electrons. The van der Waals surface area contributed by atoms with Gasteiger partial charge in [-0.3, -0.25) is 9.80 Å². The number of hydrogen-bond donors (Lipinski definition) is 3. The highest BCUT2D eigenvalue weighted by Gasteiger charge is 2.20. The quantitative estimate of drug-likeness (QED) is 0.510. The number of nitrogens with two attached hydrogens (primary N) is 1. The maximum absolute atomic E-state index is 6.22. The molecule has 5 heteroatoms. The maximum Gasteiger partial charge on any atom is 0.0703 e. The molecule has 4 N–H and O–H groups in total. The summed E-state index contributed by atoms with van der Waals surface area (Å²) in [5, 5.41) is 6.71. The monoisotopic (exact) mass is 213 g/mol. The minimum atomic E-state index is 0.213. The van der Waals surface area contributed by atoms with Crippen LogP contribution in [0.25, 0.3) is 0 Å². The Morgan fingerprint density at radius 3 is 2.07 bits per heavy atom. The Morgan fingerprint density at radius 1 is 0.933 bits per heavy atom. The van der Waals surface area contributed by atoms with E-state index in [9.17, 15) is 0 Å². The Labute approximate surface area is 92.0 Å². The Hall–Kier alpha value is -0.200. The Morgan fingerprint density at radius 2 is 1.47 bits per heavy atom. The molecule has 0 saturated carbocycles. The molecule has 15 heavy (non-hydrogen) atoms. The summed E-state index contributed by atoms with van der Waals surface area (Å²) in [5.74, 6) is 0. The highest BCUT2D eigenvalue weighted by Crippen LogP contribution is 2.00. The second-order valence-corrected chi connectivity index (χ2v) is 4.40. The van der Waals surface area contributed by atoms with E-state index in [0.717, 1.165) is 58.9 Å². The lowest BCUT2D eigenvalue weighted by molar-refractivity contribution is 0.120. The SMILES string of the molecule is NC(CN1CCNCC1)N1CCNCC1. The van der Waals surface area contributed by atoms with E-state index >= 15 is 0 Å². The van der Waals surface area contributed by atoms with Gasteiger partial charge in [0.25, 0.3) is 0 Å². The van der Waals surface area contributed by atoms with Gasteiger partial charge in [-0.05, 0) is 0 Å². The van der Waals surface area contributed by atoms with Crippen LogP contribution in [0.15, 0.2) is 0 Å². The standard InChI is InChI=1S/C10H23N5/c11-10(15-7-3-13-4-8-15)9-14-5-1-12-2-6-14/h10,12-13H,1-9,11H2. The first kappa shape index (κ1) is 11.3. The molecule has 2 aliphatic heterocycles. The van der Waals surface area contributed by atoms with E-state index in [0.29, 0.717) is 0 Å². The molecule has 2 rings (SSSR count). The highest BCUT2D eigenvalue weighted by atomic mass is 15.3. The summed E-state index contributed by atoms with van der Waals surface area (Å²) in [6.07, 6.45) is 0.213. The van der Waals surface area contributed by atoms with Gasteiger partial charge in [0.1, 0.15) is 0 Å². The van der Waals surface area contributed by atoms with Crippen LogP contribution in [0.1, 0.15) is 0 Å². The van der Waals surface area contributed by atoms with Gasteiger partial charge in [-0.15, -0.1) is 0 Å². The van der Waals surface area contributed by atoms with Crippen molar-refractivity contribution in [1.29, 1.82) is 0 Å². The first-order chi connectivity index (χ1) is 7.36. The number of nitrogens with zero attached hydrogens (tertiary/aromatic N) is 2. The molecule has 2 saturated heterocycles. The number of hydrogen-bond acceptors (Lipinski definition) is 5. The Kier molecular flexibility index (Phi) is 4.34. The van der Waals surface area contributed by atoms with E-state index in [-0.39, 0.29) is 6.17 Å². The van der Waals surface area contributed by atoms with Crippen LogP contribution in [0.4, 0.5) is 0 Å². The molecule has 2 heterocycles. The molecule has 5 nitrogen and oxygen atoms in total. The van der Waals surface area contributed by atoms with Crippen molar-refractivity contribution < 1.29 is 0 Å². The van der Waals surface area contributed by atoms with Gasteiger partial charge in [-0.1, -0.05) is 0 Å². The zero-order valence-electron chi connectivity index (χ0n) is 9.41. The van der Waals surface area contributed by atoms with Crippen molar-refractivity contribution in [2.24, 2.45) is 5.73 Å². The average Bonchev–Trinajstić information content (AvgIpc) is 2.31. The third-order valence-corrected chi connectivity index (χ3v) is 3.28. The van der Waals surface area contributed by atoms with Crippen molar-refractivity contribution in [2.45, 2.75) is 6.17 Å². The van der Waals surface area contributed by atoms with Gasteiger partial charge >= 0.3 is 0 Å². The summed E-state index contributed by atoms with van der Waals surface area (Å²) in [7, 11) is 0. The van der Waals surface area contributed by atoms with Crippen LogP contribution >= 0.6 is 0 Å². The lowest BCUT2D eigenvalue weighted by atomic mass is 10.3. The first-order valence-electron chi connectivity index (χ1n) is 6.00. The highest BCUT2D eigenvalue weighted by molar-refractivity contribution is 4.77. The molecule has 0 aromatic rings. The third-order valence-electron chi connectivity index (χ3n) is 3.28. The van der Waals surface area contributed by atoms with Gasteiger partial charge in [-0.25, -0.2) is 0 Å². The number of piperazine rings is 2. The van der Waals surface area contributed by atoms with Crippen molar-refractivity contribution >= 4 is 0 Å². The molecule has 0 aromatic heterocycles. The molecule has 1 unspecified atom stereocenters. The molecule has 1 atom stereocenters. The molecular formula is C10H23N5. The normalized spacial score (nSPS) is 27.8. The lowest BCUT2D eigenvalue weighted by Gasteiger charge is -2.36. The van der Waals surface area contributed by atoms with Crippen molar-refractivity contribution in [3.05, 3.63) is 0 Å². The van der Waals surface area contributed by atoms with Gasteiger partial charge in [-0.2, -0.15) is 0 Å². The lowest BCUT2D eigenvalue weighted by Crippen LogP contribution is -2.57. The Bertz CT molecular complexity index is 175. The predicted molar refractivity (Wildman–Crippen MR) is 61.7 cm³/mol. The van der Waals surface area contributed by atoms with E-state index in [1.807, 2.05) is 0 Å². The van der Waals surface area contributed by atoms with Gasteiger partial charge in [0, 0.05) is 58.9 Å². The molecule has 0 aliphatic carbocycles. The number of rotatable bonds is 3. The Balaban J connectivity index is 1.72. The van der Waals surface area contributed by atoms with Crippen molar-refractivity contribution in [2.75, 3.05) is 58.9 Å². The second kappa shape index (κ2) is 5.77. The topological polar surface area (TPSA) is 56.6 Å². The van der Waals surface area contributed by atoms with Crippen molar-refractivity contribution in [1.82, 2.24) is 20.4 Å². The summed E-state index contributed by atoms with van der Waals surface area (Å²) >= 11 is 0. The summed E-state index contributed by atoms with van der Waals surface area (Å²) in [4.78, 5) is 4.85. The fraction of sp³-hybridized carbons (Fsp3) is 1.00. The molecule has 88 valence electrons. The fourth-order valence-electron chi connectivity index (χ4n) is 2.29. The smallest absolute Gasteiger partial charge is 0.0703 e. The number of nitrogens with one attached hydrogen (secondary N) is 2. The van der Waals surface area contributed by atoms with E-state index in [2.05, 4.69) is 20.4 Å². The maximum atomic E-state index is 6.22. The van der Waals surface area contributed by atoms with Crippen LogP contribution in [0.5, 0.6) is 0 Å². The summed E-state index contributed by atoms with van der Waals surface area (Å²) in [6.45, 7) is 9.84. The van der Waals surface area contributed by atoms with Crippen molar-refractivity contribution in [3.63, 3.8) is 0 Å². The van der Waals surface area contributed by atoms with Crippen LogP contribution in [-0.4, -0.2) is 74.9 Å². The summed E-state index contributed by atoms with van der Waals surface area (Å²) in [6, 6.07) is 0. The first-order valence-corrected chi connectivity index (χ1v) is 6.00. The van der Waals surface area contributed by atoms with Gasteiger partial charge in [0.05, 0.1) is 6.17 Å². The zero-order chi connectivity index (χ0) is 10.5. The molecule has 0 amide bonds. The molecule has 0 aromatic carbocycles. The summed E-state index contributed by atoms with van der Waals surface area (Å²) < 4.78 is 0. The zero-order valence-corrected chi connectivity index (χ0v) is 9.41. The van der Waals surface area contributed by atoms with Crippen LogP contribution in [-0.2, 0) is 0 Å². The van der Waals surface area contributed by atoms with Crippen LogP contribution < -0.4 is 16.4 Å². The molecule has 2 fully saturated rings. The molecule has 2 aliphatic rings. The minimum Gasteiger partial charge on any atom is -0.315 e. The summed E-state index contributed by atoms with van der Waals surface area (Å²) in [5.41, 5.74) is 6.22. The van der Waals surface area contributed by atoms with Gasteiger partial charge in [0.2, 0.25) is 0 Å². The second-order valence-electron chi connectivity index (χ2n) is 4.40. The molecule has 0 bridgehead atoms. The fourth-order valence-corrected chi connectivity index (χ4v) is 2.29. The van der Waals surface area contributed by atoms with E-state index < -0.39 is 0 Å². The third kappa shape index (κ3) is 3.39. The van der Waals surface area contributed by atoms with Crippen LogP contribution in [0.3, 0.4) is 0 Å². The molecule has 0 spiro atoms. The average molecular weight is 213 g/mol. The van der Waals surface area contributed by atoms with E-state index in [1.165, 1.54) is 0 Å². The van der Waals surface area contributed by atoms with Gasteiger partial charge < -0.3 is 16.4 Å². The van der Waals surface area contributed by atoms with Crippen LogP contribution in [0.2, 0.25) is 0 Å². The largest absolute Gasteiger partial charge is 0.315 e.